The molecule has 2 heterocycles. The van der Waals surface area contributed by atoms with Gasteiger partial charge in [0.1, 0.15) is 0 Å². The fraction of sp³-hybridized carbons (Fsp3) is 0.269. The second-order valence-corrected chi connectivity index (χ2v) is 8.07. The zero-order chi connectivity index (χ0) is 19.6. The van der Waals surface area contributed by atoms with Crippen molar-refractivity contribution in [2.45, 2.75) is 32.2 Å². The number of anilines is 2. The van der Waals surface area contributed by atoms with Crippen LogP contribution in [-0.2, 0) is 13.0 Å². The third-order valence-electron chi connectivity index (χ3n) is 6.14. The van der Waals surface area contributed by atoms with Crippen LogP contribution >= 0.6 is 0 Å². The molecule has 29 heavy (non-hydrogen) atoms. The van der Waals surface area contributed by atoms with Crippen LogP contribution in [0, 0.1) is 0 Å². The summed E-state index contributed by atoms with van der Waals surface area (Å²) in [6.45, 7) is 2.86. The normalized spacial score (nSPS) is 16.2. The Kier molecular flexibility index (Phi) is 4.81. The van der Waals surface area contributed by atoms with Crippen molar-refractivity contribution in [2.24, 2.45) is 0 Å². The highest BCUT2D eigenvalue weighted by Gasteiger charge is 2.31. The van der Waals surface area contributed by atoms with E-state index in [1.165, 1.54) is 41.6 Å². The smallest absolute Gasteiger partial charge is 0.259 e. The van der Waals surface area contributed by atoms with E-state index in [2.05, 4.69) is 59.5 Å². The van der Waals surface area contributed by atoms with Gasteiger partial charge in [0.05, 0.1) is 6.54 Å². The molecule has 5 rings (SSSR count). The third kappa shape index (κ3) is 3.53. The SMILES string of the molecule is O=C1c2cccc(N3CCCCC3)c2CN1c1ccc(Cc2ccccc2)cc1. The van der Waals surface area contributed by atoms with E-state index in [1.807, 2.05) is 23.1 Å². The lowest BCUT2D eigenvalue weighted by Gasteiger charge is -2.30. The minimum Gasteiger partial charge on any atom is -0.371 e. The number of rotatable bonds is 4. The molecular weight excluding hydrogens is 356 g/mol. The van der Waals surface area contributed by atoms with Gasteiger partial charge in [-0.3, -0.25) is 4.79 Å². The summed E-state index contributed by atoms with van der Waals surface area (Å²) in [4.78, 5) is 17.5. The Morgan fingerprint density at radius 2 is 1.45 bits per heavy atom. The molecule has 0 aliphatic carbocycles. The minimum absolute atomic E-state index is 0.120. The molecule has 0 bridgehead atoms. The molecule has 0 spiro atoms. The van der Waals surface area contributed by atoms with Crippen molar-refractivity contribution in [1.82, 2.24) is 0 Å². The first kappa shape index (κ1) is 18.0. The van der Waals surface area contributed by atoms with Gasteiger partial charge in [0.15, 0.2) is 0 Å². The molecule has 1 saturated heterocycles. The molecule has 0 radical (unpaired) electrons. The van der Waals surface area contributed by atoms with Gasteiger partial charge in [-0.2, -0.15) is 0 Å². The molecule has 1 fully saturated rings. The van der Waals surface area contributed by atoms with E-state index >= 15 is 0 Å². The van der Waals surface area contributed by atoms with Crippen molar-refractivity contribution in [2.75, 3.05) is 22.9 Å². The van der Waals surface area contributed by atoms with Gasteiger partial charge in [-0.15, -0.1) is 0 Å². The molecule has 3 aromatic rings. The quantitative estimate of drug-likeness (QED) is 0.601. The average molecular weight is 383 g/mol. The highest BCUT2D eigenvalue weighted by molar-refractivity contribution is 6.11. The van der Waals surface area contributed by atoms with Crippen molar-refractivity contribution in [3.63, 3.8) is 0 Å². The predicted molar refractivity (Wildman–Crippen MR) is 119 cm³/mol. The van der Waals surface area contributed by atoms with Gasteiger partial charge in [-0.25, -0.2) is 0 Å². The van der Waals surface area contributed by atoms with Crippen LogP contribution in [0.25, 0.3) is 0 Å². The van der Waals surface area contributed by atoms with E-state index in [9.17, 15) is 4.79 Å². The van der Waals surface area contributed by atoms with Crippen LogP contribution in [0.2, 0.25) is 0 Å². The van der Waals surface area contributed by atoms with Crippen LogP contribution in [0.4, 0.5) is 11.4 Å². The van der Waals surface area contributed by atoms with Crippen LogP contribution in [0.1, 0.15) is 46.3 Å². The van der Waals surface area contributed by atoms with Gasteiger partial charge < -0.3 is 9.80 Å². The Labute approximate surface area is 172 Å². The van der Waals surface area contributed by atoms with E-state index in [1.54, 1.807) is 0 Å². The topological polar surface area (TPSA) is 23.6 Å². The Balaban J connectivity index is 1.37. The van der Waals surface area contributed by atoms with Gasteiger partial charge in [0.25, 0.3) is 5.91 Å². The van der Waals surface area contributed by atoms with E-state index in [-0.39, 0.29) is 5.91 Å². The second-order valence-electron chi connectivity index (χ2n) is 8.07. The number of benzene rings is 3. The third-order valence-corrected chi connectivity index (χ3v) is 6.14. The molecule has 3 aromatic carbocycles. The maximum absolute atomic E-state index is 13.1. The first-order valence-corrected chi connectivity index (χ1v) is 10.6. The van der Waals surface area contributed by atoms with Crippen LogP contribution in [-0.4, -0.2) is 19.0 Å². The van der Waals surface area contributed by atoms with Crippen LogP contribution in [0.3, 0.4) is 0 Å². The van der Waals surface area contributed by atoms with Gasteiger partial charge in [0, 0.05) is 35.6 Å². The number of amides is 1. The van der Waals surface area contributed by atoms with Crippen molar-refractivity contribution < 1.29 is 4.79 Å². The molecule has 0 atom stereocenters. The van der Waals surface area contributed by atoms with Crippen LogP contribution in [0.5, 0.6) is 0 Å². The number of carbonyl (C=O) groups is 1. The average Bonchev–Trinajstić information content (AvgIpc) is 3.12. The lowest BCUT2D eigenvalue weighted by Crippen LogP contribution is -2.30. The highest BCUT2D eigenvalue weighted by Crippen LogP contribution is 2.35. The number of hydrogen-bond acceptors (Lipinski definition) is 2. The minimum atomic E-state index is 0.120. The standard InChI is InChI=1S/C26H26N2O/c29-26-23-10-7-11-25(27-16-5-2-6-17-27)24(23)19-28(26)22-14-12-21(13-15-22)18-20-8-3-1-4-9-20/h1,3-4,7-15H,2,5-6,16-19H2. The number of fused-ring (bicyclic) bond motifs is 1. The highest BCUT2D eigenvalue weighted by atomic mass is 16.2. The van der Waals surface area contributed by atoms with Crippen molar-refractivity contribution in [3.8, 4) is 0 Å². The fourth-order valence-corrected chi connectivity index (χ4v) is 4.58. The summed E-state index contributed by atoms with van der Waals surface area (Å²) in [6, 6.07) is 25.1. The Bertz CT molecular complexity index is 1000. The van der Waals surface area contributed by atoms with Crippen molar-refractivity contribution in [3.05, 3.63) is 95.1 Å². The Morgan fingerprint density at radius 1 is 0.724 bits per heavy atom. The van der Waals surface area contributed by atoms with Gasteiger partial charge in [-0.1, -0.05) is 48.5 Å². The first-order valence-electron chi connectivity index (χ1n) is 10.6. The summed E-state index contributed by atoms with van der Waals surface area (Å²) in [5, 5.41) is 0. The predicted octanol–water partition coefficient (Wildman–Crippen LogP) is 5.43. The molecule has 0 N–H and O–H groups in total. The zero-order valence-corrected chi connectivity index (χ0v) is 16.7. The maximum atomic E-state index is 13.1. The fourth-order valence-electron chi connectivity index (χ4n) is 4.58. The van der Waals surface area contributed by atoms with E-state index in [0.717, 1.165) is 30.8 Å². The summed E-state index contributed by atoms with van der Waals surface area (Å²) >= 11 is 0. The van der Waals surface area contributed by atoms with Gasteiger partial charge >= 0.3 is 0 Å². The first-order chi connectivity index (χ1) is 14.3. The number of piperidine rings is 1. The summed E-state index contributed by atoms with van der Waals surface area (Å²) < 4.78 is 0. The molecular formula is C26H26N2O. The number of nitrogens with zero attached hydrogens (tertiary/aromatic N) is 2. The number of carbonyl (C=O) groups excluding carboxylic acids is 1. The van der Waals surface area contributed by atoms with Crippen molar-refractivity contribution >= 4 is 17.3 Å². The van der Waals surface area contributed by atoms with Crippen LogP contribution < -0.4 is 9.80 Å². The van der Waals surface area contributed by atoms with E-state index < -0.39 is 0 Å². The molecule has 0 saturated carbocycles. The van der Waals surface area contributed by atoms with Gasteiger partial charge in [0.2, 0.25) is 0 Å². The summed E-state index contributed by atoms with van der Waals surface area (Å²) in [7, 11) is 0. The largest absolute Gasteiger partial charge is 0.371 e. The van der Waals surface area contributed by atoms with E-state index in [0.29, 0.717) is 6.54 Å². The summed E-state index contributed by atoms with van der Waals surface area (Å²) in [5.74, 6) is 0.120. The lowest BCUT2D eigenvalue weighted by atomic mass is 10.0. The maximum Gasteiger partial charge on any atom is 0.259 e. The molecule has 0 aromatic heterocycles. The molecule has 2 aliphatic rings. The lowest BCUT2D eigenvalue weighted by molar-refractivity contribution is 0.0996. The molecule has 3 heteroatoms. The van der Waals surface area contributed by atoms with Crippen LogP contribution in [0.15, 0.2) is 72.8 Å². The zero-order valence-electron chi connectivity index (χ0n) is 16.7. The van der Waals surface area contributed by atoms with Crippen molar-refractivity contribution in [1.29, 1.82) is 0 Å². The molecule has 0 unspecified atom stereocenters. The van der Waals surface area contributed by atoms with Gasteiger partial charge in [-0.05, 0) is 61.1 Å². The molecule has 146 valence electrons. The Morgan fingerprint density at radius 3 is 2.21 bits per heavy atom. The summed E-state index contributed by atoms with van der Waals surface area (Å²) in [6.07, 6.45) is 4.70. The molecule has 3 nitrogen and oxygen atoms in total. The molecule has 2 aliphatic heterocycles. The number of hydrogen-bond donors (Lipinski definition) is 0. The Hall–Kier alpha value is -3.07. The summed E-state index contributed by atoms with van der Waals surface area (Å²) in [5.41, 5.74) is 6.84. The van der Waals surface area contributed by atoms with E-state index in [4.69, 9.17) is 0 Å². The molecule has 1 amide bonds. The second kappa shape index (κ2) is 7.75. The monoisotopic (exact) mass is 382 g/mol.